The largest absolute Gasteiger partial charge is 0.507 e. The van der Waals surface area contributed by atoms with Crippen LogP contribution in [0.5, 0.6) is 5.75 Å². The standard InChI is InChI=1S/C26H29Cl2NO.ClH/c1-26(2,3)29-17-21-14-19(11-7-10-18-8-5-4-6-9-18)15-22(25(21)30)20-12-13-23(27)24(28)16-20;/h4-6,8-9,12-16,29-30H,7,10-11,17H2,1-3H3;1H. The number of aromatic hydroxyl groups is 1. The van der Waals surface area contributed by atoms with Crippen molar-refractivity contribution in [2.75, 3.05) is 0 Å². The predicted molar refractivity (Wildman–Crippen MR) is 136 cm³/mol. The van der Waals surface area contributed by atoms with Crippen LogP contribution < -0.4 is 5.32 Å². The van der Waals surface area contributed by atoms with Crippen molar-refractivity contribution >= 4 is 35.6 Å². The van der Waals surface area contributed by atoms with Crippen LogP contribution in [0.25, 0.3) is 11.1 Å². The molecule has 0 aliphatic heterocycles. The molecular formula is C26H30Cl3NO. The number of benzene rings is 3. The van der Waals surface area contributed by atoms with E-state index in [0.717, 1.165) is 36.0 Å². The number of phenolic OH excluding ortho intramolecular Hbond substituents is 1. The van der Waals surface area contributed by atoms with E-state index in [9.17, 15) is 5.11 Å². The van der Waals surface area contributed by atoms with Gasteiger partial charge in [-0.3, -0.25) is 0 Å². The number of aryl methyl sites for hydroxylation is 2. The van der Waals surface area contributed by atoms with Crippen LogP contribution in [0.1, 0.15) is 43.9 Å². The minimum atomic E-state index is -0.0422. The van der Waals surface area contributed by atoms with Crippen LogP contribution >= 0.6 is 35.6 Å². The van der Waals surface area contributed by atoms with Crippen LogP contribution in [0.4, 0.5) is 0 Å². The van der Waals surface area contributed by atoms with Crippen LogP contribution in [0.15, 0.2) is 60.7 Å². The molecule has 0 radical (unpaired) electrons. The van der Waals surface area contributed by atoms with Gasteiger partial charge in [0.05, 0.1) is 10.0 Å². The van der Waals surface area contributed by atoms with E-state index in [0.29, 0.717) is 16.6 Å². The molecule has 0 amide bonds. The van der Waals surface area contributed by atoms with Crippen molar-refractivity contribution in [3.8, 4) is 16.9 Å². The van der Waals surface area contributed by atoms with Crippen molar-refractivity contribution in [2.24, 2.45) is 0 Å². The third-order valence-electron chi connectivity index (χ3n) is 5.06. The second-order valence-corrected chi connectivity index (χ2v) is 9.54. The van der Waals surface area contributed by atoms with E-state index in [4.69, 9.17) is 23.2 Å². The minimum Gasteiger partial charge on any atom is -0.507 e. The van der Waals surface area contributed by atoms with Gasteiger partial charge in [-0.2, -0.15) is 0 Å². The Morgan fingerprint density at radius 2 is 1.52 bits per heavy atom. The first-order chi connectivity index (χ1) is 14.2. The van der Waals surface area contributed by atoms with Gasteiger partial charge in [0.15, 0.2) is 0 Å². The third kappa shape index (κ3) is 7.43. The Morgan fingerprint density at radius 3 is 2.16 bits per heavy atom. The minimum absolute atomic E-state index is 0. The summed E-state index contributed by atoms with van der Waals surface area (Å²) in [4.78, 5) is 0. The molecule has 0 heterocycles. The number of phenols is 1. The lowest BCUT2D eigenvalue weighted by atomic mass is 9.95. The number of halogens is 3. The van der Waals surface area contributed by atoms with Crippen molar-refractivity contribution < 1.29 is 5.11 Å². The number of hydrogen-bond acceptors (Lipinski definition) is 2. The van der Waals surface area contributed by atoms with Gasteiger partial charge in [-0.15, -0.1) is 12.4 Å². The summed E-state index contributed by atoms with van der Waals surface area (Å²) in [6, 6.07) is 20.2. The molecule has 2 nitrogen and oxygen atoms in total. The van der Waals surface area contributed by atoms with Crippen LogP contribution in [0.2, 0.25) is 10.0 Å². The molecule has 0 fully saturated rings. The summed E-state index contributed by atoms with van der Waals surface area (Å²) in [5.74, 6) is 0.289. The first-order valence-electron chi connectivity index (χ1n) is 10.3. The molecule has 0 bridgehead atoms. The fraction of sp³-hybridized carbons (Fsp3) is 0.308. The summed E-state index contributed by atoms with van der Waals surface area (Å²) >= 11 is 12.3. The zero-order valence-electron chi connectivity index (χ0n) is 18.2. The molecule has 0 aliphatic carbocycles. The summed E-state index contributed by atoms with van der Waals surface area (Å²) in [5, 5.41) is 15.5. The maximum atomic E-state index is 11.0. The average Bonchev–Trinajstić information content (AvgIpc) is 2.70. The lowest BCUT2D eigenvalue weighted by Gasteiger charge is -2.22. The van der Waals surface area contributed by atoms with Crippen LogP contribution in [-0.4, -0.2) is 10.6 Å². The van der Waals surface area contributed by atoms with Gasteiger partial charge in [-0.05, 0) is 74.9 Å². The fourth-order valence-electron chi connectivity index (χ4n) is 3.43. The zero-order valence-corrected chi connectivity index (χ0v) is 20.5. The maximum Gasteiger partial charge on any atom is 0.127 e. The number of nitrogens with one attached hydrogen (secondary N) is 1. The van der Waals surface area contributed by atoms with Crippen LogP contribution in [0.3, 0.4) is 0 Å². The Balaban J connectivity index is 0.00000341. The van der Waals surface area contributed by atoms with E-state index in [1.807, 2.05) is 18.2 Å². The number of rotatable bonds is 7. The molecule has 0 aromatic heterocycles. The Kier molecular flexibility index (Phi) is 9.27. The average molecular weight is 479 g/mol. The molecule has 5 heteroatoms. The highest BCUT2D eigenvalue weighted by Crippen LogP contribution is 2.37. The Bertz CT molecular complexity index is 998. The van der Waals surface area contributed by atoms with E-state index in [1.54, 1.807) is 6.07 Å². The molecule has 166 valence electrons. The molecule has 0 unspecified atom stereocenters. The normalized spacial score (nSPS) is 11.3. The van der Waals surface area contributed by atoms with Gasteiger partial charge in [0.2, 0.25) is 0 Å². The van der Waals surface area contributed by atoms with E-state index < -0.39 is 0 Å². The Morgan fingerprint density at radius 1 is 0.839 bits per heavy atom. The van der Waals surface area contributed by atoms with Crippen molar-refractivity contribution in [1.29, 1.82) is 0 Å². The SMILES string of the molecule is CC(C)(C)NCc1cc(CCCc2ccccc2)cc(-c2ccc(Cl)c(Cl)c2)c1O.Cl. The summed E-state index contributed by atoms with van der Waals surface area (Å²) in [5.41, 5.74) is 5.05. The van der Waals surface area contributed by atoms with Gasteiger partial charge in [0.25, 0.3) is 0 Å². The molecule has 0 saturated carbocycles. The first-order valence-corrected chi connectivity index (χ1v) is 11.1. The van der Waals surface area contributed by atoms with Crippen LogP contribution in [0, 0.1) is 0 Å². The molecule has 2 N–H and O–H groups in total. The number of hydrogen-bond donors (Lipinski definition) is 2. The van der Waals surface area contributed by atoms with Gasteiger partial charge < -0.3 is 10.4 Å². The van der Waals surface area contributed by atoms with E-state index >= 15 is 0 Å². The maximum absolute atomic E-state index is 11.0. The highest BCUT2D eigenvalue weighted by Gasteiger charge is 2.16. The summed E-state index contributed by atoms with van der Waals surface area (Å²) in [6.07, 6.45) is 3.01. The van der Waals surface area contributed by atoms with Crippen molar-refractivity contribution in [3.05, 3.63) is 87.4 Å². The monoisotopic (exact) mass is 477 g/mol. The topological polar surface area (TPSA) is 32.3 Å². The van der Waals surface area contributed by atoms with Gasteiger partial charge in [0.1, 0.15) is 5.75 Å². The van der Waals surface area contributed by atoms with E-state index in [2.05, 4.69) is 62.5 Å². The summed E-state index contributed by atoms with van der Waals surface area (Å²) in [7, 11) is 0. The molecule has 3 aromatic rings. The van der Waals surface area contributed by atoms with Crippen molar-refractivity contribution in [2.45, 2.75) is 52.1 Å². The quantitative estimate of drug-likeness (QED) is 0.362. The molecule has 31 heavy (non-hydrogen) atoms. The Hall–Kier alpha value is -1.71. The lowest BCUT2D eigenvalue weighted by Crippen LogP contribution is -2.35. The van der Waals surface area contributed by atoms with E-state index in [-0.39, 0.29) is 23.7 Å². The molecule has 0 spiro atoms. The second kappa shape index (κ2) is 11.2. The molecule has 3 rings (SSSR count). The predicted octanol–water partition coefficient (Wildman–Crippen LogP) is 7.85. The highest BCUT2D eigenvalue weighted by molar-refractivity contribution is 6.42. The van der Waals surface area contributed by atoms with Gasteiger partial charge in [-0.25, -0.2) is 0 Å². The van der Waals surface area contributed by atoms with Crippen LogP contribution in [-0.2, 0) is 19.4 Å². The van der Waals surface area contributed by atoms with Gasteiger partial charge in [0, 0.05) is 23.2 Å². The molecule has 3 aromatic carbocycles. The molecule has 0 saturated heterocycles. The first kappa shape index (κ1) is 25.5. The smallest absolute Gasteiger partial charge is 0.127 e. The zero-order chi connectivity index (χ0) is 21.7. The van der Waals surface area contributed by atoms with Crippen molar-refractivity contribution in [1.82, 2.24) is 5.32 Å². The fourth-order valence-corrected chi connectivity index (χ4v) is 3.72. The third-order valence-corrected chi connectivity index (χ3v) is 5.80. The van der Waals surface area contributed by atoms with E-state index in [1.165, 1.54) is 11.1 Å². The van der Waals surface area contributed by atoms with Gasteiger partial charge in [-0.1, -0.05) is 65.7 Å². The van der Waals surface area contributed by atoms with Gasteiger partial charge >= 0.3 is 0 Å². The second-order valence-electron chi connectivity index (χ2n) is 8.72. The highest BCUT2D eigenvalue weighted by atomic mass is 35.5. The molecule has 0 atom stereocenters. The van der Waals surface area contributed by atoms with Crippen molar-refractivity contribution in [3.63, 3.8) is 0 Å². The lowest BCUT2D eigenvalue weighted by molar-refractivity contribution is 0.412. The summed E-state index contributed by atoms with van der Waals surface area (Å²) < 4.78 is 0. The summed E-state index contributed by atoms with van der Waals surface area (Å²) in [6.45, 7) is 6.95. The molecular weight excluding hydrogens is 449 g/mol. The molecule has 0 aliphatic rings. The Labute approximate surface area is 202 Å².